The minimum absolute atomic E-state index is 0.197. The second kappa shape index (κ2) is 9.39. The van der Waals surface area contributed by atoms with Crippen LogP contribution in [0, 0.1) is 13.8 Å². The molecule has 0 aliphatic rings. The van der Waals surface area contributed by atoms with E-state index in [1.54, 1.807) is 36.5 Å². The zero-order valence-corrected chi connectivity index (χ0v) is 17.6. The van der Waals surface area contributed by atoms with E-state index in [-0.39, 0.29) is 6.01 Å². The number of hydrogen-bond acceptors (Lipinski definition) is 5. The third-order valence-corrected chi connectivity index (χ3v) is 4.48. The largest absolute Gasteiger partial charge is 0.439 e. The quantitative estimate of drug-likeness (QED) is 0.356. The summed E-state index contributed by atoms with van der Waals surface area (Å²) in [7, 11) is 1.99. The first kappa shape index (κ1) is 20.6. The van der Waals surface area contributed by atoms with Crippen LogP contribution in [0.4, 0.5) is 5.69 Å². The first-order valence-electron chi connectivity index (χ1n) is 9.24. The van der Waals surface area contributed by atoms with Gasteiger partial charge in [-0.2, -0.15) is 4.98 Å². The fourth-order valence-electron chi connectivity index (χ4n) is 2.42. The normalized spacial score (nSPS) is 10.9. The second-order valence-electron chi connectivity index (χ2n) is 6.56. The standard InChI is InChI=1S/C22H23ClN4O2/c1-5-27(4)14-25-19-12-16(3)20(13-15(19)2)29-21-10-11-24-22(26-21)28-18-8-6-17(23)7-9-18/h6-14H,5H2,1-4H3. The maximum atomic E-state index is 5.97. The molecule has 0 saturated heterocycles. The maximum Gasteiger partial charge on any atom is 0.325 e. The van der Waals surface area contributed by atoms with Crippen molar-refractivity contribution in [1.29, 1.82) is 0 Å². The Balaban J connectivity index is 1.76. The zero-order chi connectivity index (χ0) is 20.8. The van der Waals surface area contributed by atoms with Gasteiger partial charge in [0.1, 0.15) is 11.5 Å². The summed E-state index contributed by atoms with van der Waals surface area (Å²) in [4.78, 5) is 15.0. The van der Waals surface area contributed by atoms with Gasteiger partial charge in [0.2, 0.25) is 5.88 Å². The smallest absolute Gasteiger partial charge is 0.325 e. The number of halogens is 1. The van der Waals surface area contributed by atoms with Gasteiger partial charge in [0.05, 0.1) is 12.0 Å². The predicted octanol–water partition coefficient (Wildman–Crippen LogP) is 5.94. The Kier molecular flexibility index (Phi) is 6.67. The van der Waals surface area contributed by atoms with Crippen LogP contribution in [0.15, 0.2) is 53.7 Å². The van der Waals surface area contributed by atoms with E-state index in [1.165, 1.54) is 0 Å². The fraction of sp³-hybridized carbons (Fsp3) is 0.227. The monoisotopic (exact) mass is 410 g/mol. The SMILES string of the molecule is CCN(C)C=Nc1cc(C)c(Oc2ccnc(Oc3ccc(Cl)cc3)n2)cc1C. The number of aromatic nitrogens is 2. The highest BCUT2D eigenvalue weighted by molar-refractivity contribution is 6.30. The van der Waals surface area contributed by atoms with E-state index in [4.69, 9.17) is 21.1 Å². The van der Waals surface area contributed by atoms with E-state index in [2.05, 4.69) is 21.9 Å². The molecule has 0 aliphatic heterocycles. The Hall–Kier alpha value is -3.12. The number of hydrogen-bond donors (Lipinski definition) is 0. The third kappa shape index (κ3) is 5.68. The topological polar surface area (TPSA) is 59.8 Å². The summed E-state index contributed by atoms with van der Waals surface area (Å²) in [5.41, 5.74) is 2.88. The summed E-state index contributed by atoms with van der Waals surface area (Å²) in [6.45, 7) is 6.95. The molecule has 3 aromatic rings. The van der Waals surface area contributed by atoms with Crippen molar-refractivity contribution in [3.8, 4) is 23.4 Å². The first-order valence-corrected chi connectivity index (χ1v) is 9.62. The highest BCUT2D eigenvalue weighted by Crippen LogP contribution is 2.31. The Morgan fingerprint density at radius 2 is 1.83 bits per heavy atom. The Morgan fingerprint density at radius 1 is 1.07 bits per heavy atom. The number of aryl methyl sites for hydroxylation is 2. The molecule has 1 heterocycles. The molecule has 2 aromatic carbocycles. The van der Waals surface area contributed by atoms with E-state index in [0.717, 1.165) is 23.4 Å². The summed E-state index contributed by atoms with van der Waals surface area (Å²) >= 11 is 5.89. The van der Waals surface area contributed by atoms with Crippen molar-refractivity contribution < 1.29 is 9.47 Å². The van der Waals surface area contributed by atoms with Gasteiger partial charge in [0.25, 0.3) is 0 Å². The lowest BCUT2D eigenvalue weighted by Gasteiger charge is -2.12. The molecule has 29 heavy (non-hydrogen) atoms. The van der Waals surface area contributed by atoms with Gasteiger partial charge >= 0.3 is 6.01 Å². The molecule has 0 spiro atoms. The van der Waals surface area contributed by atoms with Crippen molar-refractivity contribution in [3.05, 3.63) is 64.8 Å². The zero-order valence-electron chi connectivity index (χ0n) is 16.9. The molecule has 0 saturated carbocycles. The van der Waals surface area contributed by atoms with E-state index in [0.29, 0.717) is 22.4 Å². The molecule has 150 valence electrons. The lowest BCUT2D eigenvalue weighted by molar-refractivity contribution is 0.410. The van der Waals surface area contributed by atoms with Crippen molar-refractivity contribution in [1.82, 2.24) is 14.9 Å². The third-order valence-electron chi connectivity index (χ3n) is 4.23. The highest BCUT2D eigenvalue weighted by atomic mass is 35.5. The molecule has 0 unspecified atom stereocenters. The summed E-state index contributed by atoms with van der Waals surface area (Å²) < 4.78 is 11.6. The van der Waals surface area contributed by atoms with Crippen LogP contribution in [0.3, 0.4) is 0 Å². The number of benzene rings is 2. The number of aliphatic imine (C=N–C) groups is 1. The average molecular weight is 411 g/mol. The van der Waals surface area contributed by atoms with Crippen LogP contribution in [0.2, 0.25) is 5.02 Å². The van der Waals surface area contributed by atoms with Crippen LogP contribution in [-0.2, 0) is 0 Å². The van der Waals surface area contributed by atoms with Crippen molar-refractivity contribution >= 4 is 23.6 Å². The molecular weight excluding hydrogens is 388 g/mol. The van der Waals surface area contributed by atoms with Crippen molar-refractivity contribution in [3.63, 3.8) is 0 Å². The Morgan fingerprint density at radius 3 is 2.55 bits per heavy atom. The predicted molar refractivity (Wildman–Crippen MR) is 116 cm³/mol. The van der Waals surface area contributed by atoms with Crippen molar-refractivity contribution in [2.24, 2.45) is 4.99 Å². The number of ether oxygens (including phenoxy) is 2. The molecular formula is C22H23ClN4O2. The maximum absolute atomic E-state index is 5.97. The molecule has 0 N–H and O–H groups in total. The summed E-state index contributed by atoms with van der Waals surface area (Å²) in [6, 6.07) is 12.8. The van der Waals surface area contributed by atoms with Gasteiger partial charge in [0.15, 0.2) is 0 Å². The van der Waals surface area contributed by atoms with E-state index in [1.807, 2.05) is 44.3 Å². The van der Waals surface area contributed by atoms with Crippen LogP contribution in [0.25, 0.3) is 0 Å². The summed E-state index contributed by atoms with van der Waals surface area (Å²) in [6.07, 6.45) is 3.42. The van der Waals surface area contributed by atoms with Crippen LogP contribution < -0.4 is 9.47 Å². The van der Waals surface area contributed by atoms with Crippen molar-refractivity contribution in [2.75, 3.05) is 13.6 Å². The molecule has 0 aliphatic carbocycles. The molecule has 0 bridgehead atoms. The van der Waals surface area contributed by atoms with E-state index >= 15 is 0 Å². The average Bonchev–Trinajstić information content (AvgIpc) is 2.71. The Bertz CT molecular complexity index is 1010. The number of nitrogens with zero attached hydrogens (tertiary/aromatic N) is 4. The minimum atomic E-state index is 0.197. The van der Waals surface area contributed by atoms with Gasteiger partial charge < -0.3 is 14.4 Å². The number of rotatable bonds is 7. The Labute approximate surface area is 175 Å². The van der Waals surface area contributed by atoms with Crippen LogP contribution >= 0.6 is 11.6 Å². The molecule has 3 rings (SSSR count). The van der Waals surface area contributed by atoms with Gasteiger partial charge in [0, 0.05) is 30.9 Å². The molecule has 6 nitrogen and oxygen atoms in total. The van der Waals surface area contributed by atoms with E-state index in [9.17, 15) is 0 Å². The lowest BCUT2D eigenvalue weighted by atomic mass is 10.1. The fourth-order valence-corrected chi connectivity index (χ4v) is 2.54. The summed E-state index contributed by atoms with van der Waals surface area (Å²) in [5, 5.41) is 0.635. The van der Waals surface area contributed by atoms with Crippen molar-refractivity contribution in [2.45, 2.75) is 20.8 Å². The lowest BCUT2D eigenvalue weighted by Crippen LogP contribution is -2.14. The first-order chi connectivity index (χ1) is 13.9. The van der Waals surface area contributed by atoms with Gasteiger partial charge in [-0.3, -0.25) is 0 Å². The minimum Gasteiger partial charge on any atom is -0.439 e. The van der Waals surface area contributed by atoms with Gasteiger partial charge in [-0.05, 0) is 68.3 Å². The molecule has 0 radical (unpaired) electrons. The van der Waals surface area contributed by atoms with Gasteiger partial charge in [-0.15, -0.1) is 0 Å². The molecule has 7 heteroatoms. The van der Waals surface area contributed by atoms with Gasteiger partial charge in [-0.25, -0.2) is 9.98 Å². The van der Waals surface area contributed by atoms with E-state index < -0.39 is 0 Å². The highest BCUT2D eigenvalue weighted by Gasteiger charge is 2.09. The molecule has 0 amide bonds. The summed E-state index contributed by atoms with van der Waals surface area (Å²) in [5.74, 6) is 1.70. The molecule has 0 fully saturated rings. The second-order valence-corrected chi connectivity index (χ2v) is 6.99. The molecule has 0 atom stereocenters. The van der Waals surface area contributed by atoms with Gasteiger partial charge in [-0.1, -0.05) is 11.6 Å². The van der Waals surface area contributed by atoms with Crippen LogP contribution in [0.5, 0.6) is 23.4 Å². The van der Waals surface area contributed by atoms with Crippen LogP contribution in [0.1, 0.15) is 18.1 Å². The molecule has 1 aromatic heterocycles. The van der Waals surface area contributed by atoms with Crippen LogP contribution in [-0.4, -0.2) is 34.8 Å².